The van der Waals surface area contributed by atoms with Gasteiger partial charge in [-0.1, -0.05) is 12.1 Å². The molecule has 0 amide bonds. The first-order chi connectivity index (χ1) is 12.3. The lowest BCUT2D eigenvalue weighted by Gasteiger charge is -2.17. The summed E-state index contributed by atoms with van der Waals surface area (Å²) in [6, 6.07) is 5.38. The van der Waals surface area contributed by atoms with Gasteiger partial charge in [0.2, 0.25) is 0 Å². The fourth-order valence-corrected chi connectivity index (χ4v) is 3.52. The molecule has 0 bridgehead atoms. The summed E-state index contributed by atoms with van der Waals surface area (Å²) < 4.78 is 28.4. The molecule has 26 heavy (non-hydrogen) atoms. The van der Waals surface area contributed by atoms with E-state index in [0.29, 0.717) is 11.4 Å². The Morgan fingerprint density at radius 3 is 2.58 bits per heavy atom. The van der Waals surface area contributed by atoms with Crippen LogP contribution in [0.3, 0.4) is 0 Å². The highest BCUT2D eigenvalue weighted by Gasteiger charge is 2.10. The topological polar surface area (TPSA) is 83.0 Å². The standard InChI is InChI=1S/C18H32N4O3S/c1-15-13-16(7-8-17(15)26(5,23)24)14-21-18(19-2)20-9-6-10-22(3)11-12-25-4/h7-8,13H,6,9-12,14H2,1-5H3,(H2,19,20,21). The van der Waals surface area contributed by atoms with Crippen LogP contribution in [0.15, 0.2) is 28.1 Å². The van der Waals surface area contributed by atoms with Gasteiger partial charge in [0.1, 0.15) is 0 Å². The Bertz CT molecular complexity index is 690. The number of guanidine groups is 1. The summed E-state index contributed by atoms with van der Waals surface area (Å²) in [7, 11) is 2.34. The first kappa shape index (κ1) is 22.4. The van der Waals surface area contributed by atoms with Crippen molar-refractivity contribution in [2.24, 2.45) is 4.99 Å². The number of aliphatic imine (C=N–C) groups is 1. The van der Waals surface area contributed by atoms with E-state index in [1.165, 1.54) is 6.26 Å². The van der Waals surface area contributed by atoms with Gasteiger partial charge in [-0.3, -0.25) is 4.99 Å². The molecule has 8 heteroatoms. The summed E-state index contributed by atoms with van der Waals surface area (Å²) in [5.74, 6) is 0.731. The molecule has 2 N–H and O–H groups in total. The van der Waals surface area contributed by atoms with Gasteiger partial charge in [-0.15, -0.1) is 0 Å². The summed E-state index contributed by atoms with van der Waals surface area (Å²) in [5.41, 5.74) is 1.77. The van der Waals surface area contributed by atoms with Gasteiger partial charge >= 0.3 is 0 Å². The lowest BCUT2D eigenvalue weighted by atomic mass is 10.1. The maximum absolute atomic E-state index is 11.7. The van der Waals surface area contributed by atoms with E-state index in [1.54, 1.807) is 20.2 Å². The zero-order chi connectivity index (χ0) is 19.6. The molecule has 0 aliphatic rings. The average molecular weight is 385 g/mol. The lowest BCUT2D eigenvalue weighted by Crippen LogP contribution is -2.38. The normalized spacial score (nSPS) is 12.5. The highest BCUT2D eigenvalue weighted by Crippen LogP contribution is 2.16. The van der Waals surface area contributed by atoms with Crippen molar-refractivity contribution in [1.82, 2.24) is 15.5 Å². The van der Waals surface area contributed by atoms with Gasteiger partial charge in [0, 0.05) is 40.0 Å². The van der Waals surface area contributed by atoms with Crippen LogP contribution in [0.5, 0.6) is 0 Å². The number of sulfone groups is 1. The Morgan fingerprint density at radius 2 is 2.00 bits per heavy atom. The third-order valence-electron chi connectivity index (χ3n) is 4.01. The second-order valence-electron chi connectivity index (χ2n) is 6.37. The maximum Gasteiger partial charge on any atom is 0.191 e. The van der Waals surface area contributed by atoms with Crippen molar-refractivity contribution in [2.45, 2.75) is 24.8 Å². The fourth-order valence-electron chi connectivity index (χ4n) is 2.56. The number of benzene rings is 1. The van der Waals surface area contributed by atoms with Gasteiger partial charge in [-0.25, -0.2) is 8.42 Å². The molecule has 1 aromatic carbocycles. The Hall–Kier alpha value is -1.64. The third-order valence-corrected chi connectivity index (χ3v) is 5.27. The largest absolute Gasteiger partial charge is 0.383 e. The average Bonchev–Trinajstić information content (AvgIpc) is 2.58. The van der Waals surface area contributed by atoms with Crippen LogP contribution in [0.2, 0.25) is 0 Å². The molecule has 0 spiro atoms. The number of hydrogen-bond acceptors (Lipinski definition) is 5. The molecule has 0 saturated heterocycles. The quantitative estimate of drug-likeness (QED) is 0.356. The van der Waals surface area contributed by atoms with E-state index < -0.39 is 9.84 Å². The molecular formula is C18H32N4O3S. The number of likely N-dealkylation sites (N-methyl/N-ethyl adjacent to an activating group) is 1. The second-order valence-corrected chi connectivity index (χ2v) is 8.36. The van der Waals surface area contributed by atoms with E-state index in [0.717, 1.165) is 49.7 Å². The number of nitrogens with zero attached hydrogens (tertiary/aromatic N) is 2. The van der Waals surface area contributed by atoms with Crippen LogP contribution in [0.1, 0.15) is 17.5 Å². The van der Waals surface area contributed by atoms with Gasteiger partial charge in [-0.05, 0) is 44.1 Å². The van der Waals surface area contributed by atoms with Crippen molar-refractivity contribution in [3.63, 3.8) is 0 Å². The van der Waals surface area contributed by atoms with Crippen molar-refractivity contribution in [1.29, 1.82) is 0 Å². The molecule has 0 saturated carbocycles. The van der Waals surface area contributed by atoms with Crippen LogP contribution in [-0.4, -0.2) is 73.0 Å². The molecule has 0 atom stereocenters. The molecule has 0 unspecified atom stereocenters. The molecule has 0 aliphatic heterocycles. The molecule has 0 radical (unpaired) electrons. The monoisotopic (exact) mass is 384 g/mol. The first-order valence-corrected chi connectivity index (χ1v) is 10.6. The Balaban J connectivity index is 2.42. The number of nitrogens with one attached hydrogen (secondary N) is 2. The number of aryl methyl sites for hydroxylation is 1. The number of rotatable bonds is 10. The minimum absolute atomic E-state index is 0.376. The zero-order valence-corrected chi connectivity index (χ0v) is 17.3. The molecule has 0 aliphatic carbocycles. The van der Waals surface area contributed by atoms with Crippen LogP contribution >= 0.6 is 0 Å². The Labute approximate surface area is 157 Å². The molecule has 1 rings (SSSR count). The molecular weight excluding hydrogens is 352 g/mol. The Morgan fingerprint density at radius 1 is 1.27 bits per heavy atom. The van der Waals surface area contributed by atoms with E-state index in [-0.39, 0.29) is 0 Å². The molecule has 1 aromatic rings. The SMILES string of the molecule is CN=C(NCCCN(C)CCOC)NCc1ccc(S(C)(=O)=O)c(C)c1. The van der Waals surface area contributed by atoms with Gasteiger partial charge in [0.05, 0.1) is 11.5 Å². The smallest absolute Gasteiger partial charge is 0.191 e. The van der Waals surface area contributed by atoms with E-state index in [9.17, 15) is 8.42 Å². The maximum atomic E-state index is 11.7. The summed E-state index contributed by atoms with van der Waals surface area (Å²) in [4.78, 5) is 6.82. The Kier molecular flexibility index (Phi) is 9.61. The molecule has 0 heterocycles. The predicted molar refractivity (Wildman–Crippen MR) is 106 cm³/mol. The zero-order valence-electron chi connectivity index (χ0n) is 16.5. The highest BCUT2D eigenvalue weighted by molar-refractivity contribution is 7.90. The number of methoxy groups -OCH3 is 1. The third kappa shape index (κ3) is 8.16. The number of ether oxygens (including phenoxy) is 1. The van der Waals surface area contributed by atoms with Gasteiger partial charge < -0.3 is 20.3 Å². The van der Waals surface area contributed by atoms with Crippen LogP contribution in [0.25, 0.3) is 0 Å². The molecule has 0 fully saturated rings. The summed E-state index contributed by atoms with van der Waals surface area (Å²) in [6.07, 6.45) is 2.23. The van der Waals surface area contributed by atoms with Crippen molar-refractivity contribution >= 4 is 15.8 Å². The van der Waals surface area contributed by atoms with Crippen molar-refractivity contribution in [3.05, 3.63) is 29.3 Å². The fraction of sp³-hybridized carbons (Fsp3) is 0.611. The van der Waals surface area contributed by atoms with Gasteiger partial charge in [-0.2, -0.15) is 0 Å². The van der Waals surface area contributed by atoms with Crippen LogP contribution < -0.4 is 10.6 Å². The lowest BCUT2D eigenvalue weighted by molar-refractivity contribution is 0.161. The van der Waals surface area contributed by atoms with E-state index >= 15 is 0 Å². The van der Waals surface area contributed by atoms with E-state index in [1.807, 2.05) is 19.1 Å². The van der Waals surface area contributed by atoms with Crippen LogP contribution in [-0.2, 0) is 21.1 Å². The summed E-state index contributed by atoms with van der Waals surface area (Å²) in [6.45, 7) is 5.87. The van der Waals surface area contributed by atoms with Crippen molar-refractivity contribution in [3.8, 4) is 0 Å². The van der Waals surface area contributed by atoms with Crippen molar-refractivity contribution in [2.75, 3.05) is 53.7 Å². The van der Waals surface area contributed by atoms with Crippen LogP contribution in [0.4, 0.5) is 0 Å². The molecule has 0 aromatic heterocycles. The minimum atomic E-state index is -3.18. The minimum Gasteiger partial charge on any atom is -0.383 e. The first-order valence-electron chi connectivity index (χ1n) is 8.69. The van der Waals surface area contributed by atoms with E-state index in [4.69, 9.17) is 4.74 Å². The summed E-state index contributed by atoms with van der Waals surface area (Å²) in [5, 5.41) is 6.54. The summed E-state index contributed by atoms with van der Waals surface area (Å²) >= 11 is 0. The second kappa shape index (κ2) is 11.2. The molecule has 7 nitrogen and oxygen atoms in total. The van der Waals surface area contributed by atoms with Crippen LogP contribution in [0, 0.1) is 6.92 Å². The van der Waals surface area contributed by atoms with Gasteiger partial charge in [0.25, 0.3) is 0 Å². The number of hydrogen-bond donors (Lipinski definition) is 2. The highest BCUT2D eigenvalue weighted by atomic mass is 32.2. The predicted octanol–water partition coefficient (Wildman–Crippen LogP) is 1.03. The molecule has 148 valence electrons. The van der Waals surface area contributed by atoms with E-state index in [2.05, 4.69) is 27.6 Å². The van der Waals surface area contributed by atoms with Crippen molar-refractivity contribution < 1.29 is 13.2 Å². The van der Waals surface area contributed by atoms with Gasteiger partial charge in [0.15, 0.2) is 15.8 Å².